The largest absolute Gasteiger partial charge is 0.494 e. The normalized spacial score (nSPS) is 16.3. The molecule has 0 radical (unpaired) electrons. The third-order valence-corrected chi connectivity index (χ3v) is 7.51. The van der Waals surface area contributed by atoms with Crippen molar-refractivity contribution in [2.75, 3.05) is 19.7 Å². The van der Waals surface area contributed by atoms with Gasteiger partial charge in [0.25, 0.3) is 0 Å². The molecule has 6 nitrogen and oxygen atoms in total. The predicted molar refractivity (Wildman–Crippen MR) is 133 cm³/mol. The lowest BCUT2D eigenvalue weighted by atomic mass is 10.0. The minimum Gasteiger partial charge on any atom is -0.494 e. The second-order valence-corrected chi connectivity index (χ2v) is 10.3. The first-order valence-electron chi connectivity index (χ1n) is 11.2. The third-order valence-electron chi connectivity index (χ3n) is 5.82. The van der Waals surface area contributed by atoms with Crippen molar-refractivity contribution in [3.63, 3.8) is 0 Å². The molecule has 1 heterocycles. The molecule has 1 aliphatic heterocycles. The molecule has 34 heavy (non-hydrogen) atoms. The molecule has 0 bridgehead atoms. The Morgan fingerprint density at radius 1 is 1.06 bits per heavy atom. The van der Waals surface area contributed by atoms with E-state index in [-0.39, 0.29) is 11.1 Å². The molecule has 1 atom stereocenters. The number of nitriles is 1. The van der Waals surface area contributed by atoms with Gasteiger partial charge >= 0.3 is 0 Å². The Labute approximate surface area is 205 Å². The highest BCUT2D eigenvalue weighted by atomic mass is 35.5. The zero-order valence-electron chi connectivity index (χ0n) is 18.7. The zero-order valence-corrected chi connectivity index (χ0v) is 20.2. The monoisotopic (exact) mass is 495 g/mol. The van der Waals surface area contributed by atoms with Crippen LogP contribution in [0.2, 0.25) is 5.02 Å². The predicted octanol–water partition coefficient (Wildman–Crippen LogP) is 5.05. The van der Waals surface area contributed by atoms with Crippen molar-refractivity contribution in [2.24, 2.45) is 0 Å². The van der Waals surface area contributed by atoms with Gasteiger partial charge in [-0.25, -0.2) is 8.42 Å². The molecule has 176 valence electrons. The minimum atomic E-state index is -3.63. The fourth-order valence-corrected chi connectivity index (χ4v) is 5.60. The Kier molecular flexibility index (Phi) is 7.86. The first kappa shape index (κ1) is 24.2. The van der Waals surface area contributed by atoms with Gasteiger partial charge < -0.3 is 4.74 Å². The molecule has 0 spiro atoms. The highest BCUT2D eigenvalue weighted by Gasteiger charge is 2.28. The van der Waals surface area contributed by atoms with Gasteiger partial charge in [-0.3, -0.25) is 4.90 Å². The van der Waals surface area contributed by atoms with Crippen LogP contribution in [0.25, 0.3) is 11.1 Å². The summed E-state index contributed by atoms with van der Waals surface area (Å²) >= 11 is 5.96. The van der Waals surface area contributed by atoms with Gasteiger partial charge in [-0.15, -0.1) is 0 Å². The van der Waals surface area contributed by atoms with Crippen molar-refractivity contribution in [3.05, 3.63) is 83.4 Å². The Balaban J connectivity index is 1.25. The Morgan fingerprint density at radius 2 is 1.76 bits per heavy atom. The number of rotatable bonds is 9. The van der Waals surface area contributed by atoms with Gasteiger partial charge in [0.15, 0.2) is 0 Å². The average Bonchev–Trinajstić information content (AvgIpc) is 3.28. The first-order valence-corrected chi connectivity index (χ1v) is 13.1. The summed E-state index contributed by atoms with van der Waals surface area (Å²) < 4.78 is 34.2. The van der Waals surface area contributed by atoms with Gasteiger partial charge in [-0.2, -0.15) is 9.98 Å². The van der Waals surface area contributed by atoms with Crippen molar-refractivity contribution >= 4 is 21.6 Å². The van der Waals surface area contributed by atoms with Crippen LogP contribution >= 0.6 is 11.6 Å². The summed E-state index contributed by atoms with van der Waals surface area (Å²) in [6.45, 7) is 2.13. The van der Waals surface area contributed by atoms with E-state index in [0.717, 1.165) is 49.2 Å². The molecule has 1 fully saturated rings. The van der Waals surface area contributed by atoms with E-state index >= 15 is 0 Å². The molecule has 1 aliphatic rings. The molecule has 3 aromatic carbocycles. The summed E-state index contributed by atoms with van der Waals surface area (Å²) in [6, 6.07) is 23.8. The van der Waals surface area contributed by atoms with E-state index in [9.17, 15) is 8.42 Å². The lowest BCUT2D eigenvalue weighted by Gasteiger charge is -2.25. The quantitative estimate of drug-likeness (QED) is 0.420. The number of halogens is 1. The van der Waals surface area contributed by atoms with Crippen LogP contribution in [0.15, 0.2) is 77.7 Å². The maximum absolute atomic E-state index is 12.7. The van der Waals surface area contributed by atoms with Crippen molar-refractivity contribution in [1.29, 1.82) is 5.26 Å². The molecule has 1 unspecified atom stereocenters. The van der Waals surface area contributed by atoms with E-state index in [1.807, 2.05) is 36.4 Å². The fourth-order valence-electron chi connectivity index (χ4n) is 4.05. The zero-order chi connectivity index (χ0) is 24.0. The van der Waals surface area contributed by atoms with Crippen LogP contribution in [-0.2, 0) is 10.0 Å². The summed E-state index contributed by atoms with van der Waals surface area (Å²) in [7, 11) is -3.63. The molecule has 0 aromatic heterocycles. The lowest BCUT2D eigenvalue weighted by molar-refractivity contribution is 0.214. The molecular weight excluding hydrogens is 470 g/mol. The minimum absolute atomic E-state index is 0.180. The van der Waals surface area contributed by atoms with E-state index in [2.05, 4.69) is 15.7 Å². The van der Waals surface area contributed by atoms with E-state index in [0.29, 0.717) is 17.2 Å². The van der Waals surface area contributed by atoms with Crippen LogP contribution in [0.5, 0.6) is 5.75 Å². The van der Waals surface area contributed by atoms with Gasteiger partial charge in [0.1, 0.15) is 5.75 Å². The van der Waals surface area contributed by atoms with Gasteiger partial charge in [-0.05, 0) is 79.4 Å². The first-order chi connectivity index (χ1) is 16.4. The number of hydrogen-bond acceptors (Lipinski definition) is 5. The second kappa shape index (κ2) is 11.0. The lowest BCUT2D eigenvalue weighted by Crippen LogP contribution is -2.44. The van der Waals surface area contributed by atoms with Crippen LogP contribution in [0.1, 0.15) is 24.8 Å². The van der Waals surface area contributed by atoms with Crippen molar-refractivity contribution in [3.8, 4) is 22.9 Å². The molecule has 3 aromatic rings. The number of ether oxygens (including phenoxy) is 1. The maximum Gasteiger partial charge on any atom is 0.241 e. The molecule has 4 rings (SSSR count). The van der Waals surface area contributed by atoms with E-state index in [1.54, 1.807) is 30.3 Å². The van der Waals surface area contributed by atoms with Crippen LogP contribution in [0.4, 0.5) is 0 Å². The molecule has 1 saturated heterocycles. The molecular formula is C26H26ClN3O3S. The smallest absolute Gasteiger partial charge is 0.241 e. The molecule has 1 N–H and O–H groups in total. The summed E-state index contributed by atoms with van der Waals surface area (Å²) in [5.41, 5.74) is 2.75. The van der Waals surface area contributed by atoms with Crippen molar-refractivity contribution in [2.45, 2.75) is 30.3 Å². The standard InChI is InChI=1S/C26H26ClN3O3S/c27-23-4-1-5-25(18-23)34(31,32)29-26-6-2-15-30(26)16-3-17-33-24-13-11-22(12-14-24)21-9-7-20(19-28)8-10-21/h1,4-5,7-14,18,26,29H,2-3,6,15-17H2. The molecule has 0 amide bonds. The maximum atomic E-state index is 12.7. The summed E-state index contributed by atoms with van der Waals surface area (Å²) in [4.78, 5) is 2.33. The van der Waals surface area contributed by atoms with Crippen LogP contribution in [0.3, 0.4) is 0 Å². The van der Waals surface area contributed by atoms with Crippen LogP contribution in [0, 0.1) is 11.3 Å². The van der Waals surface area contributed by atoms with Gasteiger partial charge in [0.2, 0.25) is 10.0 Å². The Hall–Kier alpha value is -2.89. The number of hydrogen-bond donors (Lipinski definition) is 1. The SMILES string of the molecule is N#Cc1ccc(-c2ccc(OCCCN3CCCC3NS(=O)(=O)c3cccc(Cl)c3)cc2)cc1. The van der Waals surface area contributed by atoms with Crippen molar-refractivity contribution < 1.29 is 13.2 Å². The van der Waals surface area contributed by atoms with Crippen LogP contribution in [-0.4, -0.2) is 39.2 Å². The van der Waals surface area contributed by atoms with E-state index < -0.39 is 10.0 Å². The fraction of sp³-hybridized carbons (Fsp3) is 0.269. The summed E-state index contributed by atoms with van der Waals surface area (Å²) in [5.74, 6) is 0.789. The highest BCUT2D eigenvalue weighted by Crippen LogP contribution is 2.23. The van der Waals surface area contributed by atoms with E-state index in [1.165, 1.54) is 6.07 Å². The third kappa shape index (κ3) is 6.16. The number of sulfonamides is 1. The van der Waals surface area contributed by atoms with Gasteiger partial charge in [0.05, 0.1) is 29.3 Å². The van der Waals surface area contributed by atoms with Gasteiger partial charge in [-0.1, -0.05) is 41.9 Å². The Morgan fingerprint density at radius 3 is 2.44 bits per heavy atom. The molecule has 0 aliphatic carbocycles. The van der Waals surface area contributed by atoms with Crippen molar-refractivity contribution in [1.82, 2.24) is 9.62 Å². The summed E-state index contributed by atoms with van der Waals surface area (Å²) in [6.07, 6.45) is 2.28. The van der Waals surface area contributed by atoms with E-state index in [4.69, 9.17) is 21.6 Å². The number of benzene rings is 3. The molecule has 8 heteroatoms. The number of likely N-dealkylation sites (tertiary alicyclic amines) is 1. The second-order valence-electron chi connectivity index (χ2n) is 8.19. The average molecular weight is 496 g/mol. The highest BCUT2D eigenvalue weighted by molar-refractivity contribution is 7.89. The molecule has 0 saturated carbocycles. The number of nitrogens with zero attached hydrogens (tertiary/aromatic N) is 2. The van der Waals surface area contributed by atoms with Crippen LogP contribution < -0.4 is 9.46 Å². The number of nitrogens with one attached hydrogen (secondary N) is 1. The Bertz CT molecular complexity index is 1260. The summed E-state index contributed by atoms with van der Waals surface area (Å²) in [5, 5.41) is 9.32. The topological polar surface area (TPSA) is 82.4 Å². The van der Waals surface area contributed by atoms with Gasteiger partial charge in [0, 0.05) is 11.6 Å².